The van der Waals surface area contributed by atoms with E-state index >= 15 is 0 Å². The Balaban J connectivity index is 2.12. The zero-order chi connectivity index (χ0) is 11.8. The molecule has 1 aromatic carbocycles. The molecular formula is C14H21NO. The molecule has 0 aromatic heterocycles. The molecule has 0 aliphatic carbocycles. The Morgan fingerprint density at radius 1 is 1.38 bits per heavy atom. The van der Waals surface area contributed by atoms with Crippen molar-refractivity contribution in [2.24, 2.45) is 0 Å². The molecule has 88 valence electrons. The molecule has 1 aromatic rings. The predicted octanol–water partition coefficient (Wildman–Crippen LogP) is 2.12. The average Bonchev–Trinajstić information content (AvgIpc) is 2.15. The van der Waals surface area contributed by atoms with Crippen molar-refractivity contribution in [3.05, 3.63) is 34.9 Å². The molecule has 0 saturated carbocycles. The molecule has 2 heteroatoms. The van der Waals surface area contributed by atoms with Crippen LogP contribution in [0.3, 0.4) is 0 Å². The van der Waals surface area contributed by atoms with Gasteiger partial charge in [-0.1, -0.05) is 18.2 Å². The first kappa shape index (κ1) is 11.6. The number of hydrogen-bond acceptors (Lipinski definition) is 2. The maximum atomic E-state index is 9.83. The standard InChI is InChI=1S/C14H21NO/c1-11-5-4-6-12-9-15(8-7-13(11)12)10-14(2,3)16/h4-6,16H,7-10H2,1-3H3. The smallest absolute Gasteiger partial charge is 0.0718 e. The van der Waals surface area contributed by atoms with Crippen LogP contribution >= 0.6 is 0 Å². The van der Waals surface area contributed by atoms with Crippen LogP contribution in [0.1, 0.15) is 30.5 Å². The summed E-state index contributed by atoms with van der Waals surface area (Å²) in [7, 11) is 0. The number of rotatable bonds is 2. The lowest BCUT2D eigenvalue weighted by molar-refractivity contribution is 0.0317. The van der Waals surface area contributed by atoms with E-state index in [4.69, 9.17) is 0 Å². The third-order valence-corrected chi connectivity index (χ3v) is 3.19. The van der Waals surface area contributed by atoms with E-state index in [1.165, 1.54) is 16.7 Å². The number of aryl methyl sites for hydroxylation is 1. The fourth-order valence-corrected chi connectivity index (χ4v) is 2.54. The highest BCUT2D eigenvalue weighted by molar-refractivity contribution is 5.36. The molecule has 0 atom stereocenters. The Hall–Kier alpha value is -0.860. The molecule has 0 spiro atoms. The van der Waals surface area contributed by atoms with Gasteiger partial charge in [-0.3, -0.25) is 4.90 Å². The Labute approximate surface area is 97.9 Å². The molecule has 0 bridgehead atoms. The number of benzene rings is 1. The molecule has 1 aliphatic rings. The highest BCUT2D eigenvalue weighted by Gasteiger charge is 2.22. The van der Waals surface area contributed by atoms with Gasteiger partial charge < -0.3 is 5.11 Å². The van der Waals surface area contributed by atoms with Crippen LogP contribution in [0.2, 0.25) is 0 Å². The van der Waals surface area contributed by atoms with Crippen LogP contribution in [-0.4, -0.2) is 28.7 Å². The number of aliphatic hydroxyl groups is 1. The van der Waals surface area contributed by atoms with Gasteiger partial charge in [0, 0.05) is 19.6 Å². The van der Waals surface area contributed by atoms with E-state index in [0.29, 0.717) is 0 Å². The summed E-state index contributed by atoms with van der Waals surface area (Å²) in [6.07, 6.45) is 1.11. The molecule has 0 fully saturated rings. The maximum Gasteiger partial charge on any atom is 0.0718 e. The van der Waals surface area contributed by atoms with Crippen molar-refractivity contribution < 1.29 is 5.11 Å². The quantitative estimate of drug-likeness (QED) is 0.823. The van der Waals surface area contributed by atoms with Gasteiger partial charge in [-0.05, 0) is 43.9 Å². The molecular weight excluding hydrogens is 198 g/mol. The highest BCUT2D eigenvalue weighted by Crippen LogP contribution is 2.22. The summed E-state index contributed by atoms with van der Waals surface area (Å²) in [6.45, 7) is 8.71. The maximum absolute atomic E-state index is 9.83. The van der Waals surface area contributed by atoms with E-state index in [1.54, 1.807) is 0 Å². The Kier molecular flexibility index (Phi) is 3.04. The Morgan fingerprint density at radius 3 is 2.81 bits per heavy atom. The average molecular weight is 219 g/mol. The van der Waals surface area contributed by atoms with Crippen LogP contribution in [0.15, 0.2) is 18.2 Å². The van der Waals surface area contributed by atoms with Gasteiger partial charge in [0.15, 0.2) is 0 Å². The Bertz CT molecular complexity index is 379. The second-order valence-corrected chi connectivity index (χ2v) is 5.49. The van der Waals surface area contributed by atoms with Crippen molar-refractivity contribution in [2.45, 2.75) is 39.3 Å². The number of β-amino-alcohol motifs (C(OH)–C–C–N with tert-alkyl or cyclic N) is 1. The summed E-state index contributed by atoms with van der Waals surface area (Å²) in [5.74, 6) is 0. The molecule has 1 aliphatic heterocycles. The van der Waals surface area contributed by atoms with Crippen LogP contribution in [-0.2, 0) is 13.0 Å². The molecule has 2 rings (SSSR count). The van der Waals surface area contributed by atoms with Crippen LogP contribution in [0, 0.1) is 6.92 Å². The first-order chi connectivity index (χ1) is 7.46. The molecule has 1 N–H and O–H groups in total. The lowest BCUT2D eigenvalue weighted by Gasteiger charge is -2.33. The second kappa shape index (κ2) is 4.19. The van der Waals surface area contributed by atoms with Crippen molar-refractivity contribution in [1.29, 1.82) is 0 Å². The topological polar surface area (TPSA) is 23.5 Å². The second-order valence-electron chi connectivity index (χ2n) is 5.49. The van der Waals surface area contributed by atoms with Gasteiger partial charge in [0.05, 0.1) is 5.60 Å². The van der Waals surface area contributed by atoms with E-state index in [-0.39, 0.29) is 0 Å². The van der Waals surface area contributed by atoms with Gasteiger partial charge in [0.2, 0.25) is 0 Å². The van der Waals surface area contributed by atoms with Gasteiger partial charge in [-0.2, -0.15) is 0 Å². The summed E-state index contributed by atoms with van der Waals surface area (Å²) in [5.41, 5.74) is 3.74. The summed E-state index contributed by atoms with van der Waals surface area (Å²) >= 11 is 0. The van der Waals surface area contributed by atoms with Crippen LogP contribution in [0.5, 0.6) is 0 Å². The molecule has 2 nitrogen and oxygen atoms in total. The third kappa shape index (κ3) is 2.63. The van der Waals surface area contributed by atoms with Crippen molar-refractivity contribution in [2.75, 3.05) is 13.1 Å². The molecule has 16 heavy (non-hydrogen) atoms. The summed E-state index contributed by atoms with van der Waals surface area (Å²) in [6, 6.07) is 6.52. The number of fused-ring (bicyclic) bond motifs is 1. The van der Waals surface area contributed by atoms with Crippen molar-refractivity contribution in [3.63, 3.8) is 0 Å². The van der Waals surface area contributed by atoms with Gasteiger partial charge in [-0.15, -0.1) is 0 Å². The Morgan fingerprint density at radius 2 is 2.12 bits per heavy atom. The number of hydrogen-bond donors (Lipinski definition) is 1. The first-order valence-electron chi connectivity index (χ1n) is 5.98. The number of nitrogens with zero attached hydrogens (tertiary/aromatic N) is 1. The van der Waals surface area contributed by atoms with Gasteiger partial charge in [0.1, 0.15) is 0 Å². The van der Waals surface area contributed by atoms with E-state index in [2.05, 4.69) is 30.0 Å². The normalized spacial score (nSPS) is 17.2. The van der Waals surface area contributed by atoms with Crippen molar-refractivity contribution in [3.8, 4) is 0 Å². The molecule has 1 heterocycles. The van der Waals surface area contributed by atoms with E-state index < -0.39 is 5.60 Å². The first-order valence-corrected chi connectivity index (χ1v) is 5.98. The predicted molar refractivity (Wildman–Crippen MR) is 66.5 cm³/mol. The monoisotopic (exact) mass is 219 g/mol. The molecule has 0 radical (unpaired) electrons. The molecule has 0 saturated heterocycles. The van der Waals surface area contributed by atoms with Crippen LogP contribution < -0.4 is 0 Å². The minimum Gasteiger partial charge on any atom is -0.389 e. The van der Waals surface area contributed by atoms with E-state index in [9.17, 15) is 5.11 Å². The van der Waals surface area contributed by atoms with E-state index in [0.717, 1.165) is 26.1 Å². The van der Waals surface area contributed by atoms with Crippen LogP contribution in [0.25, 0.3) is 0 Å². The lowest BCUT2D eigenvalue weighted by Crippen LogP contribution is -2.41. The summed E-state index contributed by atoms with van der Waals surface area (Å²) in [4.78, 5) is 2.34. The van der Waals surface area contributed by atoms with Gasteiger partial charge in [-0.25, -0.2) is 0 Å². The minimum absolute atomic E-state index is 0.596. The molecule has 0 unspecified atom stereocenters. The fraction of sp³-hybridized carbons (Fsp3) is 0.571. The third-order valence-electron chi connectivity index (χ3n) is 3.19. The zero-order valence-electron chi connectivity index (χ0n) is 10.5. The SMILES string of the molecule is Cc1cccc2c1CCN(CC(C)(C)O)C2. The lowest BCUT2D eigenvalue weighted by atomic mass is 9.94. The van der Waals surface area contributed by atoms with Gasteiger partial charge >= 0.3 is 0 Å². The highest BCUT2D eigenvalue weighted by atomic mass is 16.3. The largest absolute Gasteiger partial charge is 0.389 e. The molecule has 0 amide bonds. The summed E-state index contributed by atoms with van der Waals surface area (Å²) in [5, 5.41) is 9.83. The van der Waals surface area contributed by atoms with Crippen molar-refractivity contribution >= 4 is 0 Å². The van der Waals surface area contributed by atoms with E-state index in [1.807, 2.05) is 13.8 Å². The van der Waals surface area contributed by atoms with Gasteiger partial charge in [0.25, 0.3) is 0 Å². The van der Waals surface area contributed by atoms with Crippen LogP contribution in [0.4, 0.5) is 0 Å². The summed E-state index contributed by atoms with van der Waals surface area (Å²) < 4.78 is 0. The van der Waals surface area contributed by atoms with Crippen molar-refractivity contribution in [1.82, 2.24) is 4.90 Å². The fourth-order valence-electron chi connectivity index (χ4n) is 2.54. The minimum atomic E-state index is -0.596. The zero-order valence-corrected chi connectivity index (χ0v) is 10.5.